The fraction of sp³-hybridized carbons (Fsp3) is 0.556. The molecule has 4 amide bonds. The number of benzene rings is 1. The minimum atomic E-state index is -0.962. The zero-order valence-corrected chi connectivity index (χ0v) is 21.5. The molecule has 2 aliphatic heterocycles. The molecular formula is C27H37N5O4. The molecule has 0 spiro atoms. The topological polar surface area (TPSA) is 99.0 Å². The first-order chi connectivity index (χ1) is 17.3. The van der Waals surface area contributed by atoms with Gasteiger partial charge in [0.1, 0.15) is 11.3 Å². The number of rotatable bonds is 10. The molecule has 1 aromatic carbocycles. The number of piperidine rings is 1. The minimum Gasteiger partial charge on any atom is -0.361 e. The Hall–Kier alpha value is -3.20. The van der Waals surface area contributed by atoms with Crippen molar-refractivity contribution in [1.29, 1.82) is 0 Å². The standard InChI is InChI=1S/C27H37N5O4/c1-4-8-22-19-23(29-36-22)24(33)31-15-12-21(13-16-31)27(14-11-20-9-6-5-7-10-20)25(34)32(26(35)28-27)18-17-30(2)3/h5-7,9-10,19,21H,4,8,11-18H2,1-3H3,(H,28,35)/t27-/m1/s1. The molecule has 9 heteroatoms. The molecule has 0 saturated carbocycles. The van der Waals surface area contributed by atoms with Gasteiger partial charge in [0.25, 0.3) is 11.8 Å². The largest absolute Gasteiger partial charge is 0.361 e. The van der Waals surface area contributed by atoms with E-state index in [4.69, 9.17) is 4.52 Å². The number of hydrogen-bond acceptors (Lipinski definition) is 6. The number of hydrogen-bond donors (Lipinski definition) is 1. The van der Waals surface area contributed by atoms with Crippen molar-refractivity contribution in [3.8, 4) is 0 Å². The Morgan fingerprint density at radius 1 is 1.17 bits per heavy atom. The van der Waals surface area contributed by atoms with Gasteiger partial charge in [-0.1, -0.05) is 42.4 Å². The van der Waals surface area contributed by atoms with Crippen LogP contribution < -0.4 is 5.32 Å². The predicted molar refractivity (Wildman–Crippen MR) is 135 cm³/mol. The summed E-state index contributed by atoms with van der Waals surface area (Å²) < 4.78 is 5.29. The van der Waals surface area contributed by atoms with Crippen LogP contribution in [0.2, 0.25) is 0 Å². The Kier molecular flexibility index (Phi) is 8.08. The van der Waals surface area contributed by atoms with Crippen molar-refractivity contribution in [2.24, 2.45) is 5.92 Å². The van der Waals surface area contributed by atoms with E-state index in [9.17, 15) is 14.4 Å². The Bertz CT molecular complexity index is 1060. The Labute approximate surface area is 212 Å². The summed E-state index contributed by atoms with van der Waals surface area (Å²) in [4.78, 5) is 44.9. The van der Waals surface area contributed by atoms with Gasteiger partial charge in [0.15, 0.2) is 5.69 Å². The molecule has 4 rings (SSSR count). The maximum absolute atomic E-state index is 13.8. The van der Waals surface area contributed by atoms with Crippen molar-refractivity contribution >= 4 is 17.8 Å². The van der Waals surface area contributed by atoms with Crippen LogP contribution >= 0.6 is 0 Å². The van der Waals surface area contributed by atoms with Crippen molar-refractivity contribution in [1.82, 2.24) is 25.2 Å². The molecule has 1 atom stereocenters. The van der Waals surface area contributed by atoms with Gasteiger partial charge in [-0.25, -0.2) is 4.79 Å². The van der Waals surface area contributed by atoms with Crippen molar-refractivity contribution in [2.75, 3.05) is 40.3 Å². The summed E-state index contributed by atoms with van der Waals surface area (Å²) in [6.07, 6.45) is 4.15. The van der Waals surface area contributed by atoms with Crippen LogP contribution in [-0.2, 0) is 17.6 Å². The van der Waals surface area contributed by atoms with E-state index in [1.165, 1.54) is 4.90 Å². The molecule has 0 radical (unpaired) electrons. The lowest BCUT2D eigenvalue weighted by Gasteiger charge is -2.41. The van der Waals surface area contributed by atoms with E-state index < -0.39 is 5.54 Å². The summed E-state index contributed by atoms with van der Waals surface area (Å²) in [5, 5.41) is 7.07. The summed E-state index contributed by atoms with van der Waals surface area (Å²) in [5.41, 5.74) is 0.499. The van der Waals surface area contributed by atoms with Crippen LogP contribution in [0, 0.1) is 5.92 Å². The SMILES string of the molecule is CCCc1cc(C(=O)N2CCC([C@@]3(CCc4ccccc4)NC(=O)N(CCN(C)C)C3=O)CC2)no1. The van der Waals surface area contributed by atoms with E-state index in [0.29, 0.717) is 63.3 Å². The van der Waals surface area contributed by atoms with Gasteiger partial charge in [-0.3, -0.25) is 14.5 Å². The first-order valence-electron chi connectivity index (χ1n) is 12.9. The highest BCUT2D eigenvalue weighted by atomic mass is 16.5. The van der Waals surface area contributed by atoms with Crippen molar-refractivity contribution in [3.05, 3.63) is 53.4 Å². The van der Waals surface area contributed by atoms with Crippen LogP contribution in [0.15, 0.2) is 40.9 Å². The van der Waals surface area contributed by atoms with Gasteiger partial charge in [0.2, 0.25) is 0 Å². The first-order valence-corrected chi connectivity index (χ1v) is 12.9. The average molecular weight is 496 g/mol. The van der Waals surface area contributed by atoms with Gasteiger partial charge < -0.3 is 19.6 Å². The molecule has 0 unspecified atom stereocenters. The smallest absolute Gasteiger partial charge is 0.325 e. The highest BCUT2D eigenvalue weighted by Gasteiger charge is 2.55. The van der Waals surface area contributed by atoms with Gasteiger partial charge in [0.05, 0.1) is 0 Å². The third-order valence-corrected chi connectivity index (χ3v) is 7.38. The molecule has 9 nitrogen and oxygen atoms in total. The summed E-state index contributed by atoms with van der Waals surface area (Å²) in [5.74, 6) is 0.370. The summed E-state index contributed by atoms with van der Waals surface area (Å²) >= 11 is 0. The number of urea groups is 1. The molecule has 194 valence electrons. The molecule has 2 fully saturated rings. The summed E-state index contributed by atoms with van der Waals surface area (Å²) in [6, 6.07) is 11.4. The number of carbonyl (C=O) groups excluding carboxylic acids is 3. The molecule has 36 heavy (non-hydrogen) atoms. The molecule has 0 aliphatic carbocycles. The number of aryl methyl sites for hydroxylation is 2. The van der Waals surface area contributed by atoms with E-state index >= 15 is 0 Å². The Balaban J connectivity index is 1.48. The van der Waals surface area contributed by atoms with Crippen LogP contribution in [0.5, 0.6) is 0 Å². The van der Waals surface area contributed by atoms with Crippen molar-refractivity contribution < 1.29 is 18.9 Å². The van der Waals surface area contributed by atoms with E-state index in [-0.39, 0.29) is 23.8 Å². The number of imide groups is 1. The zero-order chi connectivity index (χ0) is 25.7. The number of likely N-dealkylation sites (tertiary alicyclic amines) is 1. The molecule has 2 aliphatic rings. The molecule has 0 bridgehead atoms. The number of amides is 4. The quantitative estimate of drug-likeness (QED) is 0.509. The van der Waals surface area contributed by atoms with E-state index in [1.807, 2.05) is 56.3 Å². The third-order valence-electron chi connectivity index (χ3n) is 7.38. The van der Waals surface area contributed by atoms with Crippen LogP contribution in [-0.4, -0.2) is 83.5 Å². The van der Waals surface area contributed by atoms with Gasteiger partial charge >= 0.3 is 6.03 Å². The highest BCUT2D eigenvalue weighted by Crippen LogP contribution is 2.37. The average Bonchev–Trinajstić information content (AvgIpc) is 3.44. The van der Waals surface area contributed by atoms with Crippen LogP contribution in [0.4, 0.5) is 4.79 Å². The van der Waals surface area contributed by atoms with Gasteiger partial charge in [-0.15, -0.1) is 0 Å². The second-order valence-electron chi connectivity index (χ2n) is 10.1. The number of aromatic nitrogens is 1. The molecule has 2 saturated heterocycles. The summed E-state index contributed by atoms with van der Waals surface area (Å²) in [6.45, 7) is 4.03. The van der Waals surface area contributed by atoms with Crippen molar-refractivity contribution in [3.63, 3.8) is 0 Å². The Morgan fingerprint density at radius 3 is 2.56 bits per heavy atom. The molecular weight excluding hydrogens is 458 g/mol. The number of nitrogens with zero attached hydrogens (tertiary/aromatic N) is 4. The first kappa shape index (κ1) is 25.9. The molecule has 3 heterocycles. The number of nitrogens with one attached hydrogen (secondary N) is 1. The maximum atomic E-state index is 13.8. The number of likely N-dealkylation sites (N-methyl/N-ethyl adjacent to an activating group) is 1. The van der Waals surface area contributed by atoms with Crippen LogP contribution in [0.3, 0.4) is 0 Å². The van der Waals surface area contributed by atoms with Gasteiger partial charge in [0, 0.05) is 38.7 Å². The van der Waals surface area contributed by atoms with E-state index in [0.717, 1.165) is 18.4 Å². The second kappa shape index (κ2) is 11.2. The number of carbonyl (C=O) groups is 3. The fourth-order valence-corrected chi connectivity index (χ4v) is 5.30. The fourth-order valence-electron chi connectivity index (χ4n) is 5.30. The lowest BCUT2D eigenvalue weighted by atomic mass is 9.74. The zero-order valence-electron chi connectivity index (χ0n) is 21.5. The van der Waals surface area contributed by atoms with E-state index in [2.05, 4.69) is 10.5 Å². The minimum absolute atomic E-state index is 0.0565. The Morgan fingerprint density at radius 2 is 1.89 bits per heavy atom. The second-order valence-corrected chi connectivity index (χ2v) is 10.1. The maximum Gasteiger partial charge on any atom is 0.325 e. The van der Waals surface area contributed by atoms with Crippen molar-refractivity contribution in [2.45, 2.75) is 51.0 Å². The normalized spacial score (nSPS) is 20.9. The lowest BCUT2D eigenvalue weighted by Crippen LogP contribution is -2.57. The third kappa shape index (κ3) is 5.46. The molecule has 1 N–H and O–H groups in total. The highest BCUT2D eigenvalue weighted by molar-refractivity contribution is 6.07. The van der Waals surface area contributed by atoms with Crippen LogP contribution in [0.1, 0.15) is 54.4 Å². The van der Waals surface area contributed by atoms with Crippen LogP contribution in [0.25, 0.3) is 0 Å². The predicted octanol–water partition coefficient (Wildman–Crippen LogP) is 2.96. The van der Waals surface area contributed by atoms with Gasteiger partial charge in [-0.2, -0.15) is 0 Å². The molecule has 1 aromatic heterocycles. The lowest BCUT2D eigenvalue weighted by molar-refractivity contribution is -0.134. The van der Waals surface area contributed by atoms with E-state index in [1.54, 1.807) is 11.0 Å². The monoisotopic (exact) mass is 495 g/mol. The summed E-state index contributed by atoms with van der Waals surface area (Å²) in [7, 11) is 3.85. The molecule has 2 aromatic rings. The van der Waals surface area contributed by atoms with Gasteiger partial charge in [-0.05, 0) is 57.7 Å².